The van der Waals surface area contributed by atoms with Crippen molar-refractivity contribution >= 4 is 34.7 Å². The van der Waals surface area contributed by atoms with E-state index in [2.05, 4.69) is 20.1 Å². The van der Waals surface area contributed by atoms with Crippen molar-refractivity contribution in [1.29, 1.82) is 0 Å². The van der Waals surface area contributed by atoms with Crippen molar-refractivity contribution in [2.24, 2.45) is 0 Å². The standard InChI is InChI=1S/C20H16N4O6S/c1-21-13-9-22-20(16-4-2-11(31-16)8-18(29)30)24-19(13)23-17(28)5-3-12-14(26)6-10(25)7-15(12)27/h2,4,6-7,9,25-27H,3,5,8H2,(H,29,30)(H,22,23,24,28). The predicted octanol–water partition coefficient (Wildman–Crippen LogP) is 3.07. The van der Waals surface area contributed by atoms with Gasteiger partial charge in [-0.1, -0.05) is 0 Å². The maximum absolute atomic E-state index is 12.4. The van der Waals surface area contributed by atoms with Crippen LogP contribution in [0.3, 0.4) is 0 Å². The Hall–Kier alpha value is -4.17. The van der Waals surface area contributed by atoms with Crippen molar-refractivity contribution < 1.29 is 30.0 Å². The Labute approximate surface area is 179 Å². The summed E-state index contributed by atoms with van der Waals surface area (Å²) in [7, 11) is 0. The molecule has 2 heterocycles. The van der Waals surface area contributed by atoms with Gasteiger partial charge in [-0.05, 0) is 18.6 Å². The number of carboxylic acids is 1. The second-order valence-electron chi connectivity index (χ2n) is 6.39. The van der Waals surface area contributed by atoms with E-state index in [1.807, 2.05) is 0 Å². The van der Waals surface area contributed by atoms with Crippen LogP contribution in [0.1, 0.15) is 16.9 Å². The average Bonchev–Trinajstić information content (AvgIpc) is 3.14. The fourth-order valence-corrected chi connectivity index (χ4v) is 3.67. The minimum absolute atomic E-state index is 0.00247. The number of nitrogens with zero attached hydrogens (tertiary/aromatic N) is 3. The predicted molar refractivity (Wildman–Crippen MR) is 111 cm³/mol. The Kier molecular flexibility index (Phi) is 6.32. The molecule has 0 aliphatic carbocycles. The second-order valence-corrected chi connectivity index (χ2v) is 7.55. The average molecular weight is 440 g/mol. The Morgan fingerprint density at radius 2 is 1.87 bits per heavy atom. The Bertz CT molecular complexity index is 1180. The number of anilines is 1. The number of aliphatic carboxylic acids is 1. The van der Waals surface area contributed by atoms with E-state index in [0.29, 0.717) is 9.75 Å². The molecule has 0 aliphatic heterocycles. The van der Waals surface area contributed by atoms with E-state index in [4.69, 9.17) is 11.7 Å². The quantitative estimate of drug-likeness (QED) is 0.351. The van der Waals surface area contributed by atoms with E-state index in [9.17, 15) is 24.9 Å². The van der Waals surface area contributed by atoms with Crippen LogP contribution in [-0.2, 0) is 22.4 Å². The minimum Gasteiger partial charge on any atom is -0.508 e. The lowest BCUT2D eigenvalue weighted by Crippen LogP contribution is -2.14. The van der Waals surface area contributed by atoms with Gasteiger partial charge in [0.2, 0.25) is 11.6 Å². The summed E-state index contributed by atoms with van der Waals surface area (Å²) in [6.07, 6.45) is 0.980. The van der Waals surface area contributed by atoms with Crippen molar-refractivity contribution in [2.75, 3.05) is 5.32 Å². The number of hydrogen-bond donors (Lipinski definition) is 5. The van der Waals surface area contributed by atoms with Crippen molar-refractivity contribution in [2.45, 2.75) is 19.3 Å². The van der Waals surface area contributed by atoms with E-state index in [1.165, 1.54) is 17.5 Å². The molecule has 31 heavy (non-hydrogen) atoms. The van der Waals surface area contributed by atoms with Crippen LogP contribution >= 0.6 is 11.3 Å². The van der Waals surface area contributed by atoms with Crippen LogP contribution in [0.2, 0.25) is 0 Å². The van der Waals surface area contributed by atoms with Crippen molar-refractivity contribution in [3.8, 4) is 28.0 Å². The lowest BCUT2D eigenvalue weighted by Gasteiger charge is -2.10. The lowest BCUT2D eigenvalue weighted by atomic mass is 10.1. The number of aromatic hydroxyl groups is 3. The third-order valence-electron chi connectivity index (χ3n) is 4.14. The molecule has 3 rings (SSSR count). The summed E-state index contributed by atoms with van der Waals surface area (Å²) in [5.74, 6) is -2.23. The van der Waals surface area contributed by atoms with Crippen molar-refractivity contribution in [3.05, 3.63) is 52.3 Å². The molecule has 0 spiro atoms. The largest absolute Gasteiger partial charge is 0.508 e. The Morgan fingerprint density at radius 3 is 2.52 bits per heavy atom. The number of phenolic OH excluding ortho intramolecular Hbond substituents is 3. The number of amides is 1. The molecule has 10 nitrogen and oxygen atoms in total. The number of aromatic nitrogens is 2. The summed E-state index contributed by atoms with van der Waals surface area (Å²) in [6.45, 7) is 7.24. The molecular weight excluding hydrogens is 424 g/mol. The van der Waals surface area contributed by atoms with Crippen LogP contribution in [0.15, 0.2) is 30.5 Å². The zero-order valence-corrected chi connectivity index (χ0v) is 16.7. The summed E-state index contributed by atoms with van der Waals surface area (Å²) in [5.41, 5.74) is 0.126. The summed E-state index contributed by atoms with van der Waals surface area (Å²) in [6, 6.07) is 5.42. The molecule has 0 saturated heterocycles. The molecule has 0 bridgehead atoms. The Morgan fingerprint density at radius 1 is 1.16 bits per heavy atom. The summed E-state index contributed by atoms with van der Waals surface area (Å²) >= 11 is 1.20. The fraction of sp³-hybridized carbons (Fsp3) is 0.150. The molecule has 0 saturated carbocycles. The van der Waals surface area contributed by atoms with Gasteiger partial charge in [-0.2, -0.15) is 0 Å². The number of benzene rings is 1. The van der Waals surface area contributed by atoms with Gasteiger partial charge in [0.15, 0.2) is 5.82 Å². The molecular formula is C20H16N4O6S. The highest BCUT2D eigenvalue weighted by Gasteiger charge is 2.16. The summed E-state index contributed by atoms with van der Waals surface area (Å²) in [4.78, 5) is 36.0. The number of thiophene rings is 1. The van der Waals surface area contributed by atoms with Gasteiger partial charge < -0.3 is 25.7 Å². The number of carbonyl (C=O) groups is 2. The molecule has 0 radical (unpaired) electrons. The highest BCUT2D eigenvalue weighted by Crippen LogP contribution is 2.33. The number of rotatable bonds is 7. The first kappa shape index (κ1) is 21.5. The topological polar surface area (TPSA) is 157 Å². The molecule has 11 heteroatoms. The van der Waals surface area contributed by atoms with E-state index < -0.39 is 11.9 Å². The van der Waals surface area contributed by atoms with E-state index in [0.717, 1.165) is 12.1 Å². The van der Waals surface area contributed by atoms with Crippen molar-refractivity contribution in [3.63, 3.8) is 0 Å². The Balaban J connectivity index is 1.75. The molecule has 3 aromatic rings. The van der Waals surface area contributed by atoms with E-state index in [-0.39, 0.29) is 59.4 Å². The third kappa shape index (κ3) is 5.26. The number of carbonyl (C=O) groups excluding carboxylic acids is 1. The molecule has 1 aromatic carbocycles. The fourth-order valence-electron chi connectivity index (χ4n) is 2.73. The zero-order valence-electron chi connectivity index (χ0n) is 15.9. The van der Waals surface area contributed by atoms with Crippen LogP contribution < -0.4 is 5.32 Å². The second kappa shape index (κ2) is 9.10. The number of phenols is 3. The first-order chi connectivity index (χ1) is 14.8. The summed E-state index contributed by atoms with van der Waals surface area (Å²) < 4.78 is 0. The molecule has 1 amide bonds. The number of hydrogen-bond acceptors (Lipinski definition) is 8. The van der Waals surface area contributed by atoms with Crippen LogP contribution in [-0.4, -0.2) is 42.3 Å². The van der Waals surface area contributed by atoms with Crippen LogP contribution in [0.25, 0.3) is 15.5 Å². The van der Waals surface area contributed by atoms with Crippen molar-refractivity contribution in [1.82, 2.24) is 9.97 Å². The van der Waals surface area contributed by atoms with Crippen LogP contribution in [0.5, 0.6) is 17.2 Å². The highest BCUT2D eigenvalue weighted by atomic mass is 32.1. The molecule has 0 fully saturated rings. The molecule has 0 unspecified atom stereocenters. The molecule has 158 valence electrons. The first-order valence-electron chi connectivity index (χ1n) is 8.86. The van der Waals surface area contributed by atoms with E-state index >= 15 is 0 Å². The van der Waals surface area contributed by atoms with Gasteiger partial charge in [0.1, 0.15) is 23.1 Å². The van der Waals surface area contributed by atoms with Gasteiger partial charge in [-0.15, -0.1) is 11.3 Å². The minimum atomic E-state index is -0.962. The molecule has 2 aromatic heterocycles. The highest BCUT2D eigenvalue weighted by molar-refractivity contribution is 7.15. The maximum Gasteiger partial charge on any atom is 0.308 e. The smallest absolute Gasteiger partial charge is 0.308 e. The first-order valence-corrected chi connectivity index (χ1v) is 9.67. The molecule has 5 N–H and O–H groups in total. The lowest BCUT2D eigenvalue weighted by molar-refractivity contribution is -0.136. The maximum atomic E-state index is 12.4. The van der Waals surface area contributed by atoms with Crippen LogP contribution in [0, 0.1) is 6.57 Å². The van der Waals surface area contributed by atoms with Gasteiger partial charge >= 0.3 is 5.97 Å². The van der Waals surface area contributed by atoms with Gasteiger partial charge in [0.25, 0.3) is 0 Å². The zero-order chi connectivity index (χ0) is 22.5. The molecule has 0 aliphatic rings. The normalized spacial score (nSPS) is 10.4. The summed E-state index contributed by atoms with van der Waals surface area (Å²) in [5, 5.41) is 40.4. The molecule has 0 atom stereocenters. The van der Waals surface area contributed by atoms with Gasteiger partial charge in [-0.3, -0.25) is 9.59 Å². The van der Waals surface area contributed by atoms with E-state index in [1.54, 1.807) is 12.1 Å². The number of nitrogens with one attached hydrogen (secondary N) is 1. The van der Waals surface area contributed by atoms with Crippen LogP contribution in [0.4, 0.5) is 11.5 Å². The monoisotopic (exact) mass is 440 g/mol. The van der Waals surface area contributed by atoms with Gasteiger partial charge in [0.05, 0.1) is 17.9 Å². The number of carboxylic acid groups (broad SMARTS) is 1. The SMILES string of the molecule is [C-]#[N+]c1cnc(-c2ccc(CC(=O)O)s2)nc1NC(=O)CCc1c(O)cc(O)cc1O. The van der Waals surface area contributed by atoms with Gasteiger partial charge in [0, 0.05) is 35.2 Å². The third-order valence-corrected chi connectivity index (χ3v) is 5.23. The van der Waals surface area contributed by atoms with Gasteiger partial charge in [-0.25, -0.2) is 14.8 Å².